The topological polar surface area (TPSA) is 83.1 Å². The maximum atomic E-state index is 12.8. The molecule has 1 heterocycles. The number of benzene rings is 2. The highest BCUT2D eigenvalue weighted by Crippen LogP contribution is 2.08. The van der Waals surface area contributed by atoms with Gasteiger partial charge in [-0.1, -0.05) is 60.2 Å². The molecule has 1 aromatic heterocycles. The van der Waals surface area contributed by atoms with E-state index in [1.807, 2.05) is 61.5 Å². The summed E-state index contributed by atoms with van der Waals surface area (Å²) in [5.41, 5.74) is 3.72. The lowest BCUT2D eigenvalue weighted by Crippen LogP contribution is -2.49. The van der Waals surface area contributed by atoms with Gasteiger partial charge in [0.1, 0.15) is 6.04 Å². The van der Waals surface area contributed by atoms with Gasteiger partial charge in [0.05, 0.1) is 0 Å². The van der Waals surface area contributed by atoms with E-state index in [2.05, 4.69) is 20.9 Å². The number of amides is 3. The summed E-state index contributed by atoms with van der Waals surface area (Å²) in [6, 6.07) is 19.8. The molecule has 0 saturated heterocycles. The van der Waals surface area contributed by atoms with Crippen LogP contribution in [0.4, 0.5) is 10.5 Å². The van der Waals surface area contributed by atoms with E-state index in [-0.39, 0.29) is 5.91 Å². The summed E-state index contributed by atoms with van der Waals surface area (Å²) >= 11 is 0. The first-order chi connectivity index (χ1) is 14.1. The molecule has 3 rings (SSSR count). The minimum absolute atomic E-state index is 0.286. The third-order valence-electron chi connectivity index (χ3n) is 4.39. The zero-order valence-electron chi connectivity index (χ0n) is 16.3. The Morgan fingerprint density at radius 1 is 0.931 bits per heavy atom. The number of aromatic nitrogens is 1. The van der Waals surface area contributed by atoms with E-state index < -0.39 is 12.1 Å². The molecule has 2 aromatic carbocycles. The van der Waals surface area contributed by atoms with Crippen molar-refractivity contribution in [2.45, 2.75) is 25.9 Å². The summed E-state index contributed by atoms with van der Waals surface area (Å²) in [6.07, 6.45) is 3.59. The second-order valence-electron chi connectivity index (χ2n) is 6.78. The molecule has 0 saturated carbocycles. The van der Waals surface area contributed by atoms with Gasteiger partial charge in [-0.3, -0.25) is 9.78 Å². The fourth-order valence-electron chi connectivity index (χ4n) is 2.94. The number of nitrogens with one attached hydrogen (secondary N) is 3. The molecule has 0 bridgehead atoms. The van der Waals surface area contributed by atoms with Crippen LogP contribution < -0.4 is 16.0 Å². The number of rotatable bonds is 7. The van der Waals surface area contributed by atoms with Crippen molar-refractivity contribution < 1.29 is 9.59 Å². The van der Waals surface area contributed by atoms with Crippen LogP contribution in [0.2, 0.25) is 0 Å². The minimum atomic E-state index is -0.719. The molecule has 6 nitrogen and oxygen atoms in total. The second-order valence-corrected chi connectivity index (χ2v) is 6.78. The maximum Gasteiger partial charge on any atom is 0.315 e. The van der Waals surface area contributed by atoms with Crippen LogP contribution in [0.3, 0.4) is 0 Å². The van der Waals surface area contributed by atoms with Gasteiger partial charge < -0.3 is 16.0 Å². The lowest BCUT2D eigenvalue weighted by Gasteiger charge is -2.19. The molecule has 0 radical (unpaired) electrons. The number of carbonyl (C=O) groups excluding carboxylic acids is 2. The van der Waals surface area contributed by atoms with Crippen LogP contribution in [0.1, 0.15) is 16.7 Å². The summed E-state index contributed by atoms with van der Waals surface area (Å²) in [7, 11) is 0. The zero-order chi connectivity index (χ0) is 20.5. The summed E-state index contributed by atoms with van der Waals surface area (Å²) in [5.74, 6) is -0.286. The monoisotopic (exact) mass is 388 g/mol. The van der Waals surface area contributed by atoms with Gasteiger partial charge in [-0.2, -0.15) is 0 Å². The van der Waals surface area contributed by atoms with Crippen molar-refractivity contribution in [2.24, 2.45) is 0 Å². The van der Waals surface area contributed by atoms with Crippen molar-refractivity contribution in [2.75, 3.05) is 5.32 Å². The van der Waals surface area contributed by atoms with E-state index in [1.165, 1.54) is 0 Å². The lowest BCUT2D eigenvalue weighted by molar-refractivity contribution is -0.117. The smallest absolute Gasteiger partial charge is 0.315 e. The van der Waals surface area contributed by atoms with E-state index in [0.29, 0.717) is 18.7 Å². The molecule has 1 atom stereocenters. The standard InChI is InChI=1S/C23H24N4O2/c1-17-6-5-9-19(14-17)16-25-23(29)27-21(15-18-7-3-2-4-8-18)22(28)26-20-10-12-24-13-11-20/h2-14,21H,15-16H2,1H3,(H,24,26,28)(H2,25,27,29). The summed E-state index contributed by atoms with van der Waals surface area (Å²) < 4.78 is 0. The summed E-state index contributed by atoms with van der Waals surface area (Å²) in [6.45, 7) is 2.39. The third kappa shape index (κ3) is 6.46. The molecule has 148 valence electrons. The Kier molecular flexibility index (Phi) is 6.95. The van der Waals surface area contributed by atoms with E-state index in [1.54, 1.807) is 24.5 Å². The third-order valence-corrected chi connectivity index (χ3v) is 4.39. The quantitative estimate of drug-likeness (QED) is 0.580. The van der Waals surface area contributed by atoms with Gasteiger partial charge in [0.25, 0.3) is 0 Å². The van der Waals surface area contributed by atoms with Gasteiger partial charge in [-0.05, 0) is 30.2 Å². The number of carbonyl (C=O) groups is 2. The molecular formula is C23H24N4O2. The number of urea groups is 1. The number of pyridine rings is 1. The molecule has 29 heavy (non-hydrogen) atoms. The Labute approximate surface area is 170 Å². The first-order valence-corrected chi connectivity index (χ1v) is 9.45. The van der Waals surface area contributed by atoms with Gasteiger partial charge in [-0.15, -0.1) is 0 Å². The van der Waals surface area contributed by atoms with Crippen molar-refractivity contribution in [3.05, 3.63) is 95.8 Å². The SMILES string of the molecule is Cc1cccc(CNC(=O)NC(Cc2ccccc2)C(=O)Nc2ccncc2)c1. The summed E-state index contributed by atoms with van der Waals surface area (Å²) in [5, 5.41) is 8.44. The van der Waals surface area contributed by atoms with E-state index >= 15 is 0 Å². The Balaban J connectivity index is 1.65. The summed E-state index contributed by atoms with van der Waals surface area (Å²) in [4.78, 5) is 29.2. The predicted octanol–water partition coefficient (Wildman–Crippen LogP) is 3.44. The van der Waals surface area contributed by atoms with Crippen molar-refractivity contribution >= 4 is 17.6 Å². The number of hydrogen-bond acceptors (Lipinski definition) is 3. The van der Waals surface area contributed by atoms with Gasteiger partial charge in [0, 0.05) is 31.0 Å². The minimum Gasteiger partial charge on any atom is -0.334 e. The van der Waals surface area contributed by atoms with Crippen molar-refractivity contribution in [3.8, 4) is 0 Å². The van der Waals surface area contributed by atoms with Crippen LogP contribution in [0.15, 0.2) is 79.1 Å². The Hall–Kier alpha value is -3.67. The highest BCUT2D eigenvalue weighted by atomic mass is 16.2. The van der Waals surface area contributed by atoms with Crippen LogP contribution in [0.5, 0.6) is 0 Å². The number of aryl methyl sites for hydroxylation is 1. The molecule has 1 unspecified atom stereocenters. The fraction of sp³-hybridized carbons (Fsp3) is 0.174. The zero-order valence-corrected chi connectivity index (χ0v) is 16.3. The Morgan fingerprint density at radius 3 is 2.38 bits per heavy atom. The van der Waals surface area contributed by atoms with Crippen LogP contribution in [-0.2, 0) is 17.8 Å². The molecule has 0 spiro atoms. The van der Waals surface area contributed by atoms with Gasteiger partial charge >= 0.3 is 6.03 Å². The molecule has 3 aromatic rings. The highest BCUT2D eigenvalue weighted by molar-refractivity contribution is 5.97. The molecule has 3 amide bonds. The number of hydrogen-bond donors (Lipinski definition) is 3. The van der Waals surface area contributed by atoms with Gasteiger partial charge in [0.2, 0.25) is 5.91 Å². The Bertz CT molecular complexity index is 945. The van der Waals surface area contributed by atoms with Crippen molar-refractivity contribution in [1.82, 2.24) is 15.6 Å². The average molecular weight is 388 g/mol. The molecule has 0 fully saturated rings. The molecule has 6 heteroatoms. The number of nitrogens with zero attached hydrogens (tertiary/aromatic N) is 1. The van der Waals surface area contributed by atoms with Crippen LogP contribution >= 0.6 is 0 Å². The van der Waals surface area contributed by atoms with E-state index in [9.17, 15) is 9.59 Å². The maximum absolute atomic E-state index is 12.8. The largest absolute Gasteiger partial charge is 0.334 e. The van der Waals surface area contributed by atoms with Gasteiger partial charge in [0.15, 0.2) is 0 Å². The second kappa shape index (κ2) is 10.0. The first kappa shape index (κ1) is 20.1. The predicted molar refractivity (Wildman–Crippen MR) is 113 cm³/mol. The molecule has 0 aliphatic heterocycles. The van der Waals surface area contributed by atoms with Gasteiger partial charge in [-0.25, -0.2) is 4.79 Å². The highest BCUT2D eigenvalue weighted by Gasteiger charge is 2.21. The molecule has 0 aliphatic carbocycles. The van der Waals surface area contributed by atoms with Crippen LogP contribution in [0, 0.1) is 6.92 Å². The van der Waals surface area contributed by atoms with E-state index in [4.69, 9.17) is 0 Å². The van der Waals surface area contributed by atoms with Crippen molar-refractivity contribution in [3.63, 3.8) is 0 Å². The molecule has 3 N–H and O–H groups in total. The van der Waals surface area contributed by atoms with Crippen LogP contribution in [-0.4, -0.2) is 23.0 Å². The first-order valence-electron chi connectivity index (χ1n) is 9.45. The molecular weight excluding hydrogens is 364 g/mol. The van der Waals surface area contributed by atoms with E-state index in [0.717, 1.165) is 16.7 Å². The Morgan fingerprint density at radius 2 is 1.66 bits per heavy atom. The normalized spacial score (nSPS) is 11.3. The fourth-order valence-corrected chi connectivity index (χ4v) is 2.94. The number of anilines is 1. The van der Waals surface area contributed by atoms with Crippen molar-refractivity contribution in [1.29, 1.82) is 0 Å². The van der Waals surface area contributed by atoms with Crippen LogP contribution in [0.25, 0.3) is 0 Å². The molecule has 0 aliphatic rings. The lowest BCUT2D eigenvalue weighted by atomic mass is 10.1. The average Bonchev–Trinajstić information content (AvgIpc) is 2.73.